The summed E-state index contributed by atoms with van der Waals surface area (Å²) < 4.78 is 0. The molecule has 0 unspecified atom stereocenters. The Morgan fingerprint density at radius 1 is 1.27 bits per heavy atom. The summed E-state index contributed by atoms with van der Waals surface area (Å²) in [6.45, 7) is 0. The summed E-state index contributed by atoms with van der Waals surface area (Å²) in [6.07, 6.45) is 1.01. The van der Waals surface area contributed by atoms with Gasteiger partial charge in [0.15, 0.2) is 0 Å². The van der Waals surface area contributed by atoms with Gasteiger partial charge in [-0.15, -0.1) is 0 Å². The number of aromatic hydroxyl groups is 1. The van der Waals surface area contributed by atoms with Gasteiger partial charge in [-0.3, -0.25) is 14.9 Å². The number of nitro groups is 1. The predicted octanol–water partition coefficient (Wildman–Crippen LogP) is 1.14. The van der Waals surface area contributed by atoms with Gasteiger partial charge in [-0.1, -0.05) is 23.9 Å². The molecule has 2 rings (SSSR count). The summed E-state index contributed by atoms with van der Waals surface area (Å²) in [6, 6.07) is 9.04. The largest absolute Gasteiger partial charge is 0.872 e. The minimum atomic E-state index is -0.674. The highest BCUT2D eigenvalue weighted by Crippen LogP contribution is 2.19. The van der Waals surface area contributed by atoms with E-state index in [2.05, 4.69) is 10.5 Å². The van der Waals surface area contributed by atoms with Crippen LogP contribution in [0.1, 0.15) is 15.9 Å². The summed E-state index contributed by atoms with van der Waals surface area (Å²) in [4.78, 5) is 21.7. The molecule has 0 saturated heterocycles. The van der Waals surface area contributed by atoms with Crippen molar-refractivity contribution in [2.45, 2.75) is 0 Å². The Labute approximate surface area is 124 Å². The molecule has 112 valence electrons. The van der Waals surface area contributed by atoms with Crippen molar-refractivity contribution in [3.8, 4) is 11.5 Å². The molecule has 0 aliphatic heterocycles. The quantitative estimate of drug-likeness (QED) is 0.497. The summed E-state index contributed by atoms with van der Waals surface area (Å²) in [5.74, 6) is -1.35. The molecule has 2 aromatic rings. The van der Waals surface area contributed by atoms with E-state index in [0.29, 0.717) is 0 Å². The van der Waals surface area contributed by atoms with E-state index in [9.17, 15) is 25.1 Å². The average Bonchev–Trinajstić information content (AvgIpc) is 2.49. The lowest BCUT2D eigenvalue weighted by atomic mass is 10.2. The van der Waals surface area contributed by atoms with E-state index in [1.165, 1.54) is 12.1 Å². The number of amides is 1. The topological polar surface area (TPSA) is 128 Å². The van der Waals surface area contributed by atoms with Gasteiger partial charge in [0, 0.05) is 12.1 Å². The van der Waals surface area contributed by atoms with Crippen LogP contribution in [0.2, 0.25) is 0 Å². The number of nitrogens with zero attached hydrogens (tertiary/aromatic N) is 2. The number of hydrazone groups is 1. The van der Waals surface area contributed by atoms with Gasteiger partial charge in [-0.2, -0.15) is 5.10 Å². The van der Waals surface area contributed by atoms with Crippen LogP contribution >= 0.6 is 0 Å². The Hall–Kier alpha value is -3.42. The molecular weight excluding hydrogens is 290 g/mol. The van der Waals surface area contributed by atoms with Crippen LogP contribution in [-0.2, 0) is 0 Å². The second-order valence-corrected chi connectivity index (χ2v) is 4.20. The third-order valence-electron chi connectivity index (χ3n) is 2.72. The van der Waals surface area contributed by atoms with Crippen LogP contribution in [0.25, 0.3) is 0 Å². The lowest BCUT2D eigenvalue weighted by molar-refractivity contribution is -0.385. The fraction of sp³-hybridized carbons (Fsp3) is 0. The first-order valence-electron chi connectivity index (χ1n) is 6.06. The highest BCUT2D eigenvalue weighted by molar-refractivity contribution is 5.97. The molecule has 8 nitrogen and oxygen atoms in total. The van der Waals surface area contributed by atoms with Crippen LogP contribution in [-0.4, -0.2) is 22.2 Å². The second-order valence-electron chi connectivity index (χ2n) is 4.20. The molecule has 0 heterocycles. The van der Waals surface area contributed by atoms with Crippen molar-refractivity contribution in [3.63, 3.8) is 0 Å². The molecule has 0 aromatic heterocycles. The van der Waals surface area contributed by atoms with Gasteiger partial charge in [-0.05, 0) is 17.7 Å². The molecule has 0 fully saturated rings. The average molecular weight is 300 g/mol. The molecule has 2 N–H and O–H groups in total. The summed E-state index contributed by atoms with van der Waals surface area (Å²) in [5, 5.41) is 35.2. The van der Waals surface area contributed by atoms with Crippen molar-refractivity contribution in [2.24, 2.45) is 5.10 Å². The Balaban J connectivity index is 2.13. The SMILES string of the molecule is O=C(N/N=C/c1cc([N+](=O)[O-])ccc1[O-])c1ccccc1O. The van der Waals surface area contributed by atoms with Crippen molar-refractivity contribution in [1.29, 1.82) is 0 Å². The Bertz CT molecular complexity index is 758. The molecule has 22 heavy (non-hydrogen) atoms. The number of hydrogen-bond acceptors (Lipinski definition) is 6. The zero-order valence-corrected chi connectivity index (χ0v) is 11.1. The third-order valence-corrected chi connectivity index (χ3v) is 2.72. The van der Waals surface area contributed by atoms with Crippen molar-refractivity contribution < 1.29 is 19.9 Å². The monoisotopic (exact) mass is 300 g/mol. The highest BCUT2D eigenvalue weighted by atomic mass is 16.6. The zero-order chi connectivity index (χ0) is 16.1. The zero-order valence-electron chi connectivity index (χ0n) is 11.1. The van der Waals surface area contributed by atoms with E-state index in [4.69, 9.17) is 0 Å². The number of para-hydroxylation sites is 1. The predicted molar refractivity (Wildman–Crippen MR) is 75.7 cm³/mol. The molecule has 0 spiro atoms. The maximum absolute atomic E-state index is 11.7. The number of rotatable bonds is 4. The summed E-state index contributed by atoms with van der Waals surface area (Å²) in [5.41, 5.74) is 1.85. The first-order chi connectivity index (χ1) is 10.5. The number of nitrogens with one attached hydrogen (secondary N) is 1. The number of phenols is 1. The number of non-ortho nitro benzene ring substituents is 1. The number of carbonyl (C=O) groups is 1. The first kappa shape index (κ1) is 15.0. The van der Waals surface area contributed by atoms with Gasteiger partial charge < -0.3 is 10.2 Å². The van der Waals surface area contributed by atoms with E-state index in [1.807, 2.05) is 0 Å². The Morgan fingerprint density at radius 2 is 2.00 bits per heavy atom. The van der Waals surface area contributed by atoms with Crippen LogP contribution in [0, 0.1) is 10.1 Å². The second kappa shape index (κ2) is 6.35. The minimum Gasteiger partial charge on any atom is -0.872 e. The lowest BCUT2D eigenvalue weighted by Gasteiger charge is -2.08. The van der Waals surface area contributed by atoms with Gasteiger partial charge >= 0.3 is 0 Å². The van der Waals surface area contributed by atoms with Gasteiger partial charge in [-0.25, -0.2) is 5.43 Å². The van der Waals surface area contributed by atoms with Crippen molar-refractivity contribution >= 4 is 17.8 Å². The van der Waals surface area contributed by atoms with Crippen LogP contribution in [0.15, 0.2) is 47.6 Å². The van der Waals surface area contributed by atoms with E-state index in [1.54, 1.807) is 12.1 Å². The molecule has 0 radical (unpaired) electrons. The molecule has 8 heteroatoms. The third kappa shape index (κ3) is 3.37. The van der Waals surface area contributed by atoms with Gasteiger partial charge in [0.1, 0.15) is 5.75 Å². The van der Waals surface area contributed by atoms with Gasteiger partial charge in [0.05, 0.1) is 16.7 Å². The van der Waals surface area contributed by atoms with Crippen LogP contribution in [0.4, 0.5) is 5.69 Å². The maximum Gasteiger partial charge on any atom is 0.275 e. The lowest BCUT2D eigenvalue weighted by Crippen LogP contribution is -2.17. The van der Waals surface area contributed by atoms with E-state index in [0.717, 1.165) is 24.4 Å². The number of benzene rings is 2. The minimum absolute atomic E-state index is 0.0149. The Kier molecular flexibility index (Phi) is 4.33. The fourth-order valence-corrected chi connectivity index (χ4v) is 1.64. The summed E-state index contributed by atoms with van der Waals surface area (Å²) in [7, 11) is 0. The maximum atomic E-state index is 11.7. The van der Waals surface area contributed by atoms with Gasteiger partial charge in [0.2, 0.25) is 0 Å². The van der Waals surface area contributed by atoms with Crippen molar-refractivity contribution in [3.05, 3.63) is 63.7 Å². The molecule has 0 saturated carbocycles. The molecule has 0 aliphatic carbocycles. The smallest absolute Gasteiger partial charge is 0.275 e. The van der Waals surface area contributed by atoms with Crippen LogP contribution < -0.4 is 10.5 Å². The normalized spacial score (nSPS) is 10.5. The number of phenolic OH excluding ortho intramolecular Hbond substituents is 1. The molecule has 2 aromatic carbocycles. The van der Waals surface area contributed by atoms with E-state index < -0.39 is 16.6 Å². The number of hydrogen-bond donors (Lipinski definition) is 2. The highest BCUT2D eigenvalue weighted by Gasteiger charge is 2.09. The Morgan fingerprint density at radius 3 is 2.68 bits per heavy atom. The van der Waals surface area contributed by atoms with Crippen LogP contribution in [0.5, 0.6) is 11.5 Å². The standard InChI is InChI=1S/C14H11N3O5/c18-12-6-5-10(17(21)22)7-9(12)8-15-16-14(20)11-3-1-2-4-13(11)19/h1-8,18-19H,(H,16,20)/p-1/b15-8+. The fourth-order valence-electron chi connectivity index (χ4n) is 1.64. The van der Waals surface area contributed by atoms with E-state index >= 15 is 0 Å². The first-order valence-corrected chi connectivity index (χ1v) is 6.06. The molecular formula is C14H10N3O5-. The van der Waals surface area contributed by atoms with Gasteiger partial charge in [0.25, 0.3) is 11.6 Å². The number of carbonyl (C=O) groups excluding carboxylic acids is 1. The summed E-state index contributed by atoms with van der Waals surface area (Å²) >= 11 is 0. The number of nitro benzene ring substituents is 1. The molecule has 0 aliphatic rings. The molecule has 1 amide bonds. The van der Waals surface area contributed by atoms with Crippen molar-refractivity contribution in [1.82, 2.24) is 5.43 Å². The van der Waals surface area contributed by atoms with Crippen LogP contribution in [0.3, 0.4) is 0 Å². The molecule has 0 bridgehead atoms. The van der Waals surface area contributed by atoms with Crippen molar-refractivity contribution in [2.75, 3.05) is 0 Å². The molecule has 0 atom stereocenters. The van der Waals surface area contributed by atoms with E-state index in [-0.39, 0.29) is 22.6 Å².